The molecule has 1 aliphatic rings. The van der Waals surface area contributed by atoms with Gasteiger partial charge in [0.2, 0.25) is 5.91 Å². The van der Waals surface area contributed by atoms with Gasteiger partial charge in [0.25, 0.3) is 0 Å². The standard InChI is InChI=1S/C19H21N3O3/c1-3-22-16-10-9-14(12-13(16)8-11-18(22)23)20-19(24)21-15-6-4-5-7-17(15)25-2/h4-7,9-10,12H,3,8,11H2,1-2H3,(H2,20,21,24). The number of hydrogen-bond acceptors (Lipinski definition) is 3. The predicted octanol–water partition coefficient (Wildman–Crippen LogP) is 3.64. The highest BCUT2D eigenvalue weighted by atomic mass is 16.5. The molecule has 0 aromatic heterocycles. The first-order valence-electron chi connectivity index (χ1n) is 8.26. The Kier molecular flexibility index (Phi) is 4.88. The molecule has 0 unspecified atom stereocenters. The Balaban J connectivity index is 1.73. The van der Waals surface area contributed by atoms with Gasteiger partial charge in [-0.05, 0) is 49.2 Å². The van der Waals surface area contributed by atoms with Crippen LogP contribution in [0.4, 0.5) is 21.9 Å². The first-order chi connectivity index (χ1) is 12.1. The number of aryl methyl sites for hydroxylation is 1. The van der Waals surface area contributed by atoms with E-state index < -0.39 is 0 Å². The van der Waals surface area contributed by atoms with Gasteiger partial charge in [-0.25, -0.2) is 4.79 Å². The van der Waals surface area contributed by atoms with Crippen molar-refractivity contribution >= 4 is 29.0 Å². The van der Waals surface area contributed by atoms with E-state index in [9.17, 15) is 9.59 Å². The molecule has 0 saturated heterocycles. The van der Waals surface area contributed by atoms with Crippen LogP contribution < -0.4 is 20.3 Å². The zero-order valence-corrected chi connectivity index (χ0v) is 14.3. The second kappa shape index (κ2) is 7.25. The molecule has 0 bridgehead atoms. The van der Waals surface area contributed by atoms with Gasteiger partial charge in [-0.1, -0.05) is 12.1 Å². The maximum Gasteiger partial charge on any atom is 0.323 e. The fourth-order valence-corrected chi connectivity index (χ4v) is 3.02. The van der Waals surface area contributed by atoms with E-state index in [1.54, 1.807) is 24.1 Å². The third-order valence-corrected chi connectivity index (χ3v) is 4.21. The van der Waals surface area contributed by atoms with Crippen LogP contribution in [-0.2, 0) is 11.2 Å². The molecule has 0 atom stereocenters. The lowest BCUT2D eigenvalue weighted by Gasteiger charge is -2.28. The molecule has 130 valence electrons. The number of urea groups is 1. The van der Waals surface area contributed by atoms with Crippen molar-refractivity contribution in [3.8, 4) is 5.75 Å². The molecule has 0 saturated carbocycles. The molecule has 0 fully saturated rings. The lowest BCUT2D eigenvalue weighted by atomic mass is 10.0. The average Bonchev–Trinajstić information content (AvgIpc) is 2.62. The lowest BCUT2D eigenvalue weighted by molar-refractivity contribution is -0.118. The summed E-state index contributed by atoms with van der Waals surface area (Å²) in [5, 5.41) is 5.60. The number of anilines is 3. The van der Waals surface area contributed by atoms with Gasteiger partial charge in [-0.15, -0.1) is 0 Å². The number of methoxy groups -OCH3 is 1. The van der Waals surface area contributed by atoms with Crippen molar-refractivity contribution in [2.24, 2.45) is 0 Å². The molecular formula is C19H21N3O3. The Morgan fingerprint density at radius 3 is 2.72 bits per heavy atom. The minimum absolute atomic E-state index is 0.143. The third-order valence-electron chi connectivity index (χ3n) is 4.21. The molecule has 1 aliphatic heterocycles. The van der Waals surface area contributed by atoms with Crippen molar-refractivity contribution < 1.29 is 14.3 Å². The van der Waals surface area contributed by atoms with Crippen LogP contribution >= 0.6 is 0 Å². The van der Waals surface area contributed by atoms with Crippen LogP contribution in [0, 0.1) is 0 Å². The average molecular weight is 339 g/mol. The summed E-state index contributed by atoms with van der Waals surface area (Å²) in [5.74, 6) is 0.741. The highest BCUT2D eigenvalue weighted by molar-refractivity contribution is 6.01. The van der Waals surface area contributed by atoms with E-state index in [1.165, 1.54) is 0 Å². The van der Waals surface area contributed by atoms with E-state index in [0.29, 0.717) is 36.5 Å². The van der Waals surface area contributed by atoms with Gasteiger partial charge in [0.05, 0.1) is 12.8 Å². The zero-order valence-electron chi connectivity index (χ0n) is 14.3. The molecule has 2 N–H and O–H groups in total. The summed E-state index contributed by atoms with van der Waals surface area (Å²) in [6, 6.07) is 12.5. The van der Waals surface area contributed by atoms with Gasteiger partial charge in [0, 0.05) is 24.3 Å². The minimum Gasteiger partial charge on any atom is -0.495 e. The van der Waals surface area contributed by atoms with Crippen molar-refractivity contribution in [2.45, 2.75) is 19.8 Å². The maximum absolute atomic E-state index is 12.2. The first kappa shape index (κ1) is 16.8. The van der Waals surface area contributed by atoms with Gasteiger partial charge < -0.3 is 20.3 Å². The molecular weight excluding hydrogens is 318 g/mol. The van der Waals surface area contributed by atoms with Crippen LogP contribution in [-0.4, -0.2) is 25.6 Å². The van der Waals surface area contributed by atoms with Gasteiger partial charge in [0.1, 0.15) is 5.75 Å². The quantitative estimate of drug-likeness (QED) is 0.893. The number of rotatable bonds is 4. The molecule has 3 amide bonds. The molecule has 0 radical (unpaired) electrons. The van der Waals surface area contributed by atoms with E-state index in [-0.39, 0.29) is 11.9 Å². The number of nitrogens with one attached hydrogen (secondary N) is 2. The van der Waals surface area contributed by atoms with E-state index in [4.69, 9.17) is 4.74 Å². The second-order valence-corrected chi connectivity index (χ2v) is 5.76. The van der Waals surface area contributed by atoms with E-state index in [1.807, 2.05) is 37.3 Å². The Morgan fingerprint density at radius 1 is 1.16 bits per heavy atom. The molecule has 0 spiro atoms. The molecule has 25 heavy (non-hydrogen) atoms. The summed E-state index contributed by atoms with van der Waals surface area (Å²) in [7, 11) is 1.56. The van der Waals surface area contributed by atoms with Crippen molar-refractivity contribution in [1.82, 2.24) is 0 Å². The Morgan fingerprint density at radius 2 is 1.96 bits per heavy atom. The van der Waals surface area contributed by atoms with Crippen LogP contribution in [0.1, 0.15) is 18.9 Å². The molecule has 1 heterocycles. The van der Waals surface area contributed by atoms with Crippen LogP contribution in [0.15, 0.2) is 42.5 Å². The number of hydrogen-bond donors (Lipinski definition) is 2. The summed E-state index contributed by atoms with van der Waals surface area (Å²) in [5.41, 5.74) is 3.28. The largest absolute Gasteiger partial charge is 0.495 e. The number of para-hydroxylation sites is 2. The number of carbonyl (C=O) groups is 2. The van der Waals surface area contributed by atoms with Crippen LogP contribution in [0.3, 0.4) is 0 Å². The Hall–Kier alpha value is -3.02. The minimum atomic E-state index is -0.344. The summed E-state index contributed by atoms with van der Waals surface area (Å²) < 4.78 is 5.23. The number of amides is 3. The lowest BCUT2D eigenvalue weighted by Crippen LogP contribution is -2.34. The molecule has 6 nitrogen and oxygen atoms in total. The number of nitrogens with zero attached hydrogens (tertiary/aromatic N) is 1. The summed E-state index contributed by atoms with van der Waals surface area (Å²) in [4.78, 5) is 26.0. The molecule has 3 rings (SSSR count). The van der Waals surface area contributed by atoms with Crippen molar-refractivity contribution in [3.63, 3.8) is 0 Å². The van der Waals surface area contributed by atoms with E-state index in [2.05, 4.69) is 10.6 Å². The summed E-state index contributed by atoms with van der Waals surface area (Å²) in [6.45, 7) is 2.60. The normalized spacial score (nSPS) is 13.2. The van der Waals surface area contributed by atoms with Gasteiger partial charge in [-0.2, -0.15) is 0 Å². The highest BCUT2D eigenvalue weighted by Crippen LogP contribution is 2.30. The van der Waals surface area contributed by atoms with Gasteiger partial charge in [-0.3, -0.25) is 4.79 Å². The Labute approximate surface area is 146 Å². The van der Waals surface area contributed by atoms with Crippen molar-refractivity contribution in [3.05, 3.63) is 48.0 Å². The van der Waals surface area contributed by atoms with Gasteiger partial charge >= 0.3 is 6.03 Å². The van der Waals surface area contributed by atoms with Crippen LogP contribution in [0.2, 0.25) is 0 Å². The molecule has 0 aliphatic carbocycles. The predicted molar refractivity (Wildman–Crippen MR) is 98.4 cm³/mol. The fourth-order valence-electron chi connectivity index (χ4n) is 3.02. The van der Waals surface area contributed by atoms with Crippen molar-refractivity contribution in [2.75, 3.05) is 29.2 Å². The van der Waals surface area contributed by atoms with E-state index >= 15 is 0 Å². The Bertz CT molecular complexity index is 804. The van der Waals surface area contributed by atoms with Crippen LogP contribution in [0.5, 0.6) is 5.75 Å². The smallest absolute Gasteiger partial charge is 0.323 e. The maximum atomic E-state index is 12.2. The summed E-state index contributed by atoms with van der Waals surface area (Å²) in [6.07, 6.45) is 1.19. The monoisotopic (exact) mass is 339 g/mol. The number of benzene rings is 2. The fraction of sp³-hybridized carbons (Fsp3) is 0.263. The zero-order chi connectivity index (χ0) is 17.8. The third kappa shape index (κ3) is 3.57. The number of carbonyl (C=O) groups excluding carboxylic acids is 2. The second-order valence-electron chi connectivity index (χ2n) is 5.76. The van der Waals surface area contributed by atoms with E-state index in [0.717, 1.165) is 11.3 Å². The highest BCUT2D eigenvalue weighted by Gasteiger charge is 2.23. The molecule has 2 aromatic carbocycles. The summed E-state index contributed by atoms with van der Waals surface area (Å²) >= 11 is 0. The molecule has 2 aromatic rings. The number of ether oxygens (including phenoxy) is 1. The SMILES string of the molecule is CCN1C(=O)CCc2cc(NC(=O)Nc3ccccc3OC)ccc21. The van der Waals surface area contributed by atoms with Crippen LogP contribution in [0.25, 0.3) is 0 Å². The first-order valence-corrected chi connectivity index (χ1v) is 8.26. The molecule has 6 heteroatoms. The topological polar surface area (TPSA) is 70.7 Å². The number of fused-ring (bicyclic) bond motifs is 1. The van der Waals surface area contributed by atoms with Crippen molar-refractivity contribution in [1.29, 1.82) is 0 Å². The van der Waals surface area contributed by atoms with Gasteiger partial charge in [0.15, 0.2) is 0 Å².